The third kappa shape index (κ3) is 5.08. The van der Waals surface area contributed by atoms with E-state index >= 15 is 0 Å². The van der Waals surface area contributed by atoms with E-state index in [1.54, 1.807) is 11.3 Å². The molecule has 0 atom stereocenters. The Morgan fingerprint density at radius 3 is 2.65 bits per heavy atom. The minimum atomic E-state index is -0.386. The molecule has 0 fully saturated rings. The monoisotopic (exact) mass is 518 g/mol. The third-order valence-corrected chi connectivity index (χ3v) is 9.16. The summed E-state index contributed by atoms with van der Waals surface area (Å²) in [6, 6.07) is 2.32. The summed E-state index contributed by atoms with van der Waals surface area (Å²) >= 11 is 4.58. The van der Waals surface area contributed by atoms with Crippen molar-refractivity contribution in [1.82, 2.24) is 14.8 Å². The number of nitrogens with zero attached hydrogens (tertiary/aromatic N) is 3. The van der Waals surface area contributed by atoms with E-state index in [2.05, 4.69) is 59.2 Å². The Morgan fingerprint density at radius 2 is 1.97 bits per heavy atom. The third-order valence-electron chi connectivity index (χ3n) is 5.77. The second kappa shape index (κ2) is 10.6. The Labute approximate surface area is 212 Å². The number of fused-ring (bicyclic) bond motifs is 1. The van der Waals surface area contributed by atoms with Gasteiger partial charge in [-0.2, -0.15) is 0 Å². The summed E-state index contributed by atoms with van der Waals surface area (Å²) in [6.07, 6.45) is 3.94. The molecule has 1 aliphatic rings. The summed E-state index contributed by atoms with van der Waals surface area (Å²) in [6.45, 7) is 8.54. The van der Waals surface area contributed by atoms with Gasteiger partial charge in [0.25, 0.3) is 0 Å². The molecule has 1 amide bonds. The molecule has 1 aliphatic carbocycles. The Bertz CT molecular complexity index is 1190. The average Bonchev–Trinajstić information content (AvgIpc) is 3.53. The van der Waals surface area contributed by atoms with Crippen molar-refractivity contribution in [3.05, 3.63) is 32.3 Å². The standard InChI is InChI=1S/C24H30N4O3S3/c1-13(2)18-10-15(11-32-18)21-26-27-24(28(21)14(3)4)33-12-19(29)25-22-20(23(30)31-5)16-8-6-7-9-17(16)34-22/h10-11,13-14H,6-9,12H2,1-5H3,(H,25,29). The fraction of sp³-hybridized carbons (Fsp3) is 0.500. The zero-order chi connectivity index (χ0) is 24.4. The summed E-state index contributed by atoms with van der Waals surface area (Å²) in [5, 5.41) is 15.2. The lowest BCUT2D eigenvalue weighted by Gasteiger charge is -2.13. The van der Waals surface area contributed by atoms with Gasteiger partial charge in [0.05, 0.1) is 18.4 Å². The number of thiophene rings is 2. The molecule has 0 saturated heterocycles. The molecule has 3 aromatic heterocycles. The van der Waals surface area contributed by atoms with Crippen LogP contribution in [0, 0.1) is 0 Å². The number of aromatic nitrogens is 3. The van der Waals surface area contributed by atoms with Crippen molar-refractivity contribution in [1.29, 1.82) is 0 Å². The van der Waals surface area contributed by atoms with Crippen LogP contribution in [0.1, 0.15) is 78.2 Å². The van der Waals surface area contributed by atoms with Crippen LogP contribution in [0.5, 0.6) is 0 Å². The number of carbonyl (C=O) groups excluding carboxylic acids is 2. The van der Waals surface area contributed by atoms with Gasteiger partial charge in [-0.05, 0) is 57.1 Å². The molecule has 0 unspecified atom stereocenters. The minimum Gasteiger partial charge on any atom is -0.465 e. The van der Waals surface area contributed by atoms with Gasteiger partial charge in [-0.3, -0.25) is 9.36 Å². The van der Waals surface area contributed by atoms with Crippen molar-refractivity contribution in [2.45, 2.75) is 70.5 Å². The summed E-state index contributed by atoms with van der Waals surface area (Å²) in [7, 11) is 1.38. The number of hydrogen-bond donors (Lipinski definition) is 1. The molecule has 0 spiro atoms. The number of methoxy groups -OCH3 is 1. The van der Waals surface area contributed by atoms with Gasteiger partial charge >= 0.3 is 5.97 Å². The number of carbonyl (C=O) groups is 2. The molecule has 0 aliphatic heterocycles. The number of anilines is 1. The smallest absolute Gasteiger partial charge is 0.341 e. The molecule has 7 nitrogen and oxygen atoms in total. The first-order valence-corrected chi connectivity index (χ1v) is 14.2. The molecule has 182 valence electrons. The SMILES string of the molecule is COC(=O)c1c(NC(=O)CSc2nnc(-c3csc(C(C)C)c3)n2C(C)C)sc2c1CCCC2. The Morgan fingerprint density at radius 1 is 1.21 bits per heavy atom. The molecule has 34 heavy (non-hydrogen) atoms. The average molecular weight is 519 g/mol. The fourth-order valence-electron chi connectivity index (χ4n) is 4.08. The molecular formula is C24H30N4O3S3. The van der Waals surface area contributed by atoms with Crippen molar-refractivity contribution in [2.24, 2.45) is 0 Å². The molecule has 0 aromatic carbocycles. The highest BCUT2D eigenvalue weighted by molar-refractivity contribution is 7.99. The van der Waals surface area contributed by atoms with Gasteiger partial charge in [-0.1, -0.05) is 25.6 Å². The van der Waals surface area contributed by atoms with Gasteiger partial charge < -0.3 is 10.1 Å². The predicted molar refractivity (Wildman–Crippen MR) is 139 cm³/mol. The van der Waals surface area contributed by atoms with E-state index in [0.717, 1.165) is 42.6 Å². The fourth-order valence-corrected chi connectivity index (χ4v) is 7.14. The van der Waals surface area contributed by atoms with Gasteiger partial charge in [-0.15, -0.1) is 32.9 Å². The number of nitrogens with one attached hydrogen (secondary N) is 1. The first kappa shape index (κ1) is 24.9. The summed E-state index contributed by atoms with van der Waals surface area (Å²) in [5.74, 6) is 0.897. The normalized spacial score (nSPS) is 13.4. The summed E-state index contributed by atoms with van der Waals surface area (Å²) < 4.78 is 7.08. The second-order valence-electron chi connectivity index (χ2n) is 8.91. The Balaban J connectivity index is 1.50. The number of thioether (sulfide) groups is 1. The van der Waals surface area contributed by atoms with E-state index in [1.807, 2.05) is 0 Å². The van der Waals surface area contributed by atoms with Crippen molar-refractivity contribution in [2.75, 3.05) is 18.2 Å². The Kier molecular flexibility index (Phi) is 7.79. The zero-order valence-electron chi connectivity index (χ0n) is 20.1. The van der Waals surface area contributed by atoms with Crippen LogP contribution in [0.4, 0.5) is 5.00 Å². The molecule has 3 aromatic rings. The molecule has 0 radical (unpaired) electrons. The lowest BCUT2D eigenvalue weighted by atomic mass is 9.95. The van der Waals surface area contributed by atoms with Crippen LogP contribution >= 0.6 is 34.4 Å². The molecule has 0 bridgehead atoms. The van der Waals surface area contributed by atoms with Crippen molar-refractivity contribution >= 4 is 51.3 Å². The van der Waals surface area contributed by atoms with Gasteiger partial charge in [0.1, 0.15) is 5.00 Å². The summed E-state index contributed by atoms with van der Waals surface area (Å²) in [4.78, 5) is 27.8. The lowest BCUT2D eigenvalue weighted by molar-refractivity contribution is -0.113. The van der Waals surface area contributed by atoms with Crippen molar-refractivity contribution in [3.8, 4) is 11.4 Å². The number of esters is 1. The van der Waals surface area contributed by atoms with Crippen LogP contribution in [-0.2, 0) is 22.4 Å². The van der Waals surface area contributed by atoms with E-state index in [1.165, 1.54) is 40.0 Å². The van der Waals surface area contributed by atoms with Gasteiger partial charge in [0.2, 0.25) is 5.91 Å². The van der Waals surface area contributed by atoms with Crippen molar-refractivity contribution < 1.29 is 14.3 Å². The Hall–Kier alpha value is -2.17. The molecule has 3 heterocycles. The number of ether oxygens (including phenoxy) is 1. The van der Waals surface area contributed by atoms with Crippen molar-refractivity contribution in [3.63, 3.8) is 0 Å². The highest BCUT2D eigenvalue weighted by Crippen LogP contribution is 2.39. The maximum Gasteiger partial charge on any atom is 0.341 e. The first-order valence-electron chi connectivity index (χ1n) is 11.5. The highest BCUT2D eigenvalue weighted by Gasteiger charge is 2.27. The maximum absolute atomic E-state index is 12.9. The molecule has 0 saturated carbocycles. The summed E-state index contributed by atoms with van der Waals surface area (Å²) in [5.41, 5.74) is 2.61. The van der Waals surface area contributed by atoms with E-state index in [0.29, 0.717) is 21.6 Å². The van der Waals surface area contributed by atoms with E-state index in [4.69, 9.17) is 4.74 Å². The molecule has 4 rings (SSSR count). The van der Waals surface area contributed by atoms with Crippen LogP contribution in [0.3, 0.4) is 0 Å². The van der Waals surface area contributed by atoms with Gasteiger partial charge in [-0.25, -0.2) is 4.79 Å². The minimum absolute atomic E-state index is 0.146. The van der Waals surface area contributed by atoms with Crippen LogP contribution in [0.2, 0.25) is 0 Å². The number of rotatable bonds is 8. The number of amides is 1. The highest BCUT2D eigenvalue weighted by atomic mass is 32.2. The largest absolute Gasteiger partial charge is 0.465 e. The van der Waals surface area contributed by atoms with E-state index in [9.17, 15) is 9.59 Å². The predicted octanol–water partition coefficient (Wildman–Crippen LogP) is 6.17. The zero-order valence-corrected chi connectivity index (χ0v) is 22.6. The lowest BCUT2D eigenvalue weighted by Crippen LogP contribution is -2.17. The van der Waals surface area contributed by atoms with Crippen LogP contribution in [0.15, 0.2) is 16.6 Å². The van der Waals surface area contributed by atoms with Crippen LogP contribution in [-0.4, -0.2) is 39.5 Å². The van der Waals surface area contributed by atoms with Gasteiger partial charge in [0, 0.05) is 26.7 Å². The topological polar surface area (TPSA) is 86.1 Å². The number of aryl methyl sites for hydroxylation is 1. The number of hydrogen-bond acceptors (Lipinski definition) is 8. The molecular weight excluding hydrogens is 488 g/mol. The first-order chi connectivity index (χ1) is 16.3. The van der Waals surface area contributed by atoms with Gasteiger partial charge in [0.15, 0.2) is 11.0 Å². The molecule has 10 heteroatoms. The quantitative estimate of drug-likeness (QED) is 0.284. The molecule has 1 N–H and O–H groups in total. The van der Waals surface area contributed by atoms with E-state index in [-0.39, 0.29) is 23.7 Å². The van der Waals surface area contributed by atoms with E-state index < -0.39 is 0 Å². The van der Waals surface area contributed by atoms with Crippen LogP contribution in [0.25, 0.3) is 11.4 Å². The second-order valence-corrected chi connectivity index (χ2v) is 11.9. The van der Waals surface area contributed by atoms with Crippen LogP contribution < -0.4 is 5.32 Å². The maximum atomic E-state index is 12.9.